The molecule has 3 rings (SSSR count). The predicted molar refractivity (Wildman–Crippen MR) is 110 cm³/mol. The molecule has 1 fully saturated rings. The summed E-state index contributed by atoms with van der Waals surface area (Å²) in [4.78, 5) is 33.4. The van der Waals surface area contributed by atoms with Crippen LogP contribution in [0.25, 0.3) is 11.1 Å². The van der Waals surface area contributed by atoms with Gasteiger partial charge in [0.2, 0.25) is 11.7 Å². The molecular weight excluding hydrogens is 429 g/mol. The van der Waals surface area contributed by atoms with Crippen molar-refractivity contribution >= 4 is 28.6 Å². The van der Waals surface area contributed by atoms with Gasteiger partial charge in [-0.3, -0.25) is 14.6 Å². The number of nitrogens with one attached hydrogen (secondary N) is 2. The van der Waals surface area contributed by atoms with Gasteiger partial charge >= 0.3 is 6.18 Å². The van der Waals surface area contributed by atoms with Crippen molar-refractivity contribution < 1.29 is 31.9 Å². The molecule has 1 atom stereocenters. The summed E-state index contributed by atoms with van der Waals surface area (Å²) >= 11 is 0. The van der Waals surface area contributed by atoms with Crippen molar-refractivity contribution in [2.75, 3.05) is 26.3 Å². The van der Waals surface area contributed by atoms with E-state index in [1.165, 1.54) is 0 Å². The number of carbonyl (C=O) groups excluding carboxylic acids is 2. The Labute approximate surface area is 182 Å². The molecule has 0 spiro atoms. The van der Waals surface area contributed by atoms with E-state index in [4.69, 9.17) is 9.15 Å². The molecule has 2 aromatic rings. The molecule has 11 heteroatoms. The van der Waals surface area contributed by atoms with Crippen LogP contribution in [0, 0.1) is 5.92 Å². The van der Waals surface area contributed by atoms with Gasteiger partial charge in [-0.05, 0) is 31.4 Å². The number of hydrogen-bond donors (Lipinski definition) is 2. The number of ketones is 1. The number of carbonyl (C=O) groups is 2. The zero-order chi connectivity index (χ0) is 23.1. The number of fused-ring (bicyclic) bond motifs is 1. The molecular formula is C21H25F3N4O4. The maximum Gasteiger partial charge on any atom is 0.405 e. The minimum Gasteiger partial charge on any atom is -0.434 e. The van der Waals surface area contributed by atoms with Gasteiger partial charge in [0, 0.05) is 19.1 Å². The van der Waals surface area contributed by atoms with Crippen molar-refractivity contribution in [3.63, 3.8) is 0 Å². The van der Waals surface area contributed by atoms with Gasteiger partial charge in [0.15, 0.2) is 5.58 Å². The first kappa shape index (κ1) is 23.7. The number of aliphatic imine (C=N–C) groups is 1. The number of amides is 1. The second kappa shape index (κ2) is 10.6. The maximum absolute atomic E-state index is 12.7. The van der Waals surface area contributed by atoms with E-state index in [2.05, 4.69) is 20.6 Å². The molecule has 2 N–H and O–H groups in total. The zero-order valence-corrected chi connectivity index (χ0v) is 17.6. The number of nitrogens with zero attached hydrogens (tertiary/aromatic N) is 2. The molecule has 1 saturated heterocycles. The van der Waals surface area contributed by atoms with E-state index in [0.717, 1.165) is 0 Å². The van der Waals surface area contributed by atoms with Crippen molar-refractivity contribution in [1.29, 1.82) is 0 Å². The van der Waals surface area contributed by atoms with Crippen LogP contribution in [-0.4, -0.2) is 61.0 Å². The van der Waals surface area contributed by atoms with Crippen LogP contribution in [0.5, 0.6) is 0 Å². The third-order valence-electron chi connectivity index (χ3n) is 5.04. The van der Waals surface area contributed by atoms with Crippen LogP contribution in [0.1, 0.15) is 36.9 Å². The largest absolute Gasteiger partial charge is 0.434 e. The number of para-hydroxylation sites is 2. The number of hydrogen-bond acceptors (Lipinski definition) is 6. The Kier molecular flexibility index (Phi) is 7.84. The van der Waals surface area contributed by atoms with Crippen molar-refractivity contribution in [3.8, 4) is 0 Å². The molecule has 32 heavy (non-hydrogen) atoms. The van der Waals surface area contributed by atoms with Crippen LogP contribution in [0.2, 0.25) is 0 Å². The van der Waals surface area contributed by atoms with E-state index in [9.17, 15) is 22.8 Å². The Morgan fingerprint density at radius 1 is 1.25 bits per heavy atom. The van der Waals surface area contributed by atoms with E-state index in [-0.39, 0.29) is 24.1 Å². The number of amidine groups is 1. The Balaban J connectivity index is 1.64. The molecule has 1 aliphatic rings. The smallest absolute Gasteiger partial charge is 0.405 e. The van der Waals surface area contributed by atoms with Crippen LogP contribution in [0.15, 0.2) is 33.7 Å². The Morgan fingerprint density at radius 3 is 2.62 bits per heavy atom. The lowest BCUT2D eigenvalue weighted by atomic mass is 9.99. The summed E-state index contributed by atoms with van der Waals surface area (Å²) in [6.07, 6.45) is -3.10. The summed E-state index contributed by atoms with van der Waals surface area (Å²) in [5, 5.41) is 4.88. The molecule has 1 amide bonds. The first-order valence-corrected chi connectivity index (χ1v) is 10.4. The highest BCUT2D eigenvalue weighted by molar-refractivity contribution is 6.00. The molecule has 1 aliphatic heterocycles. The van der Waals surface area contributed by atoms with Gasteiger partial charge in [0.05, 0.1) is 6.04 Å². The van der Waals surface area contributed by atoms with E-state index < -0.39 is 37.0 Å². The Morgan fingerprint density at radius 2 is 1.97 bits per heavy atom. The van der Waals surface area contributed by atoms with Gasteiger partial charge in [-0.25, -0.2) is 4.98 Å². The quantitative estimate of drug-likeness (QED) is 0.361. The number of oxazole rings is 1. The van der Waals surface area contributed by atoms with Crippen LogP contribution in [-0.2, 0) is 9.53 Å². The molecule has 1 aromatic carbocycles. The average molecular weight is 454 g/mol. The van der Waals surface area contributed by atoms with Gasteiger partial charge in [-0.15, -0.1) is 0 Å². The number of rotatable bonds is 8. The third kappa shape index (κ3) is 6.52. The topological polar surface area (TPSA) is 106 Å². The van der Waals surface area contributed by atoms with E-state index in [1.54, 1.807) is 31.2 Å². The number of alkyl halides is 3. The summed E-state index contributed by atoms with van der Waals surface area (Å²) in [6, 6.07) is 6.01. The summed E-state index contributed by atoms with van der Waals surface area (Å²) in [5.74, 6) is -1.31. The molecule has 0 bridgehead atoms. The summed E-state index contributed by atoms with van der Waals surface area (Å²) in [6.45, 7) is 0.904. The van der Waals surface area contributed by atoms with Gasteiger partial charge in [-0.1, -0.05) is 19.1 Å². The summed E-state index contributed by atoms with van der Waals surface area (Å²) in [7, 11) is 0. The molecule has 174 valence electrons. The number of Topliss-reactive ketones (excluding diaryl/α,β-unsaturated/α-hetero) is 1. The van der Waals surface area contributed by atoms with E-state index >= 15 is 0 Å². The highest BCUT2D eigenvalue weighted by Gasteiger charge is 2.30. The standard InChI is InChI=1S/C21H25F3N4O4/c1-2-14(18(30)20-28-15-5-3-4-6-16(15)32-20)27-17(29)11-25-19(26-12-21(22,23)24)13-7-9-31-10-8-13/h3-6,13-14H,2,7-12H2,1H3,(H,25,26)(H,27,29)/t14-/m0/s1. The van der Waals surface area contributed by atoms with Crippen molar-refractivity contribution in [3.05, 3.63) is 30.2 Å². The van der Waals surface area contributed by atoms with Crippen LogP contribution >= 0.6 is 0 Å². The fraction of sp³-hybridized carbons (Fsp3) is 0.524. The Bertz CT molecular complexity index is 934. The fourth-order valence-corrected chi connectivity index (χ4v) is 3.37. The van der Waals surface area contributed by atoms with Crippen molar-refractivity contribution in [1.82, 2.24) is 15.6 Å². The van der Waals surface area contributed by atoms with Crippen LogP contribution < -0.4 is 10.6 Å². The first-order chi connectivity index (χ1) is 15.3. The van der Waals surface area contributed by atoms with Gasteiger partial charge in [0.25, 0.3) is 5.89 Å². The first-order valence-electron chi connectivity index (χ1n) is 10.4. The summed E-state index contributed by atoms with van der Waals surface area (Å²) in [5.41, 5.74) is 0.983. The second-order valence-electron chi connectivity index (χ2n) is 7.44. The molecule has 0 radical (unpaired) electrons. The molecule has 2 heterocycles. The van der Waals surface area contributed by atoms with Gasteiger partial charge in [0.1, 0.15) is 24.4 Å². The van der Waals surface area contributed by atoms with E-state index in [0.29, 0.717) is 37.2 Å². The highest BCUT2D eigenvalue weighted by atomic mass is 19.4. The lowest BCUT2D eigenvalue weighted by molar-refractivity contribution is -0.122. The van der Waals surface area contributed by atoms with E-state index in [1.807, 2.05) is 0 Å². The van der Waals surface area contributed by atoms with Crippen LogP contribution in [0.4, 0.5) is 13.2 Å². The number of halogens is 3. The number of benzene rings is 1. The average Bonchev–Trinajstić information content (AvgIpc) is 3.21. The fourth-order valence-electron chi connectivity index (χ4n) is 3.37. The lowest BCUT2D eigenvalue weighted by Gasteiger charge is -2.25. The minimum absolute atomic E-state index is 0.114. The predicted octanol–water partition coefficient (Wildman–Crippen LogP) is 2.88. The second-order valence-corrected chi connectivity index (χ2v) is 7.44. The lowest BCUT2D eigenvalue weighted by Crippen LogP contribution is -2.43. The van der Waals surface area contributed by atoms with Crippen molar-refractivity contribution in [2.24, 2.45) is 10.9 Å². The summed E-state index contributed by atoms with van der Waals surface area (Å²) < 4.78 is 48.7. The molecule has 8 nitrogen and oxygen atoms in total. The Hall–Kier alpha value is -2.95. The van der Waals surface area contributed by atoms with Crippen molar-refractivity contribution in [2.45, 2.75) is 38.4 Å². The van der Waals surface area contributed by atoms with Gasteiger partial charge in [-0.2, -0.15) is 13.2 Å². The normalized spacial score (nSPS) is 16.7. The molecule has 0 saturated carbocycles. The molecule has 0 unspecified atom stereocenters. The molecule has 0 aliphatic carbocycles. The van der Waals surface area contributed by atoms with Gasteiger partial charge < -0.3 is 19.8 Å². The SMILES string of the molecule is CC[C@H](NC(=O)CN=C(NCC(F)(F)F)C1CCOCC1)C(=O)c1nc2ccccc2o1. The number of aromatic nitrogens is 1. The molecule has 1 aromatic heterocycles. The monoisotopic (exact) mass is 454 g/mol. The zero-order valence-electron chi connectivity index (χ0n) is 17.6. The number of ether oxygens (including phenoxy) is 1. The minimum atomic E-state index is -4.41. The maximum atomic E-state index is 12.7. The van der Waals surface area contributed by atoms with Crippen LogP contribution in [0.3, 0.4) is 0 Å². The highest BCUT2D eigenvalue weighted by Crippen LogP contribution is 2.19. The third-order valence-corrected chi connectivity index (χ3v) is 5.04.